The van der Waals surface area contributed by atoms with Crippen LogP contribution in [0.15, 0.2) is 46.8 Å². The number of carbonyl (C=O) groups excluding carboxylic acids is 1. The molecule has 3 N–H and O–H groups in total. The molecule has 1 aromatic carbocycles. The van der Waals surface area contributed by atoms with Crippen molar-refractivity contribution in [3.05, 3.63) is 52.2 Å². The van der Waals surface area contributed by atoms with E-state index in [9.17, 15) is 4.79 Å². The molecule has 0 aliphatic rings. The van der Waals surface area contributed by atoms with Crippen LogP contribution in [0.5, 0.6) is 5.75 Å². The second kappa shape index (κ2) is 9.57. The van der Waals surface area contributed by atoms with Crippen molar-refractivity contribution in [2.75, 3.05) is 20.7 Å². The Balaban J connectivity index is 1.69. The predicted molar refractivity (Wildman–Crippen MR) is 97.4 cm³/mol. The maximum Gasteiger partial charge on any atom is 0.239 e. The number of guanidine groups is 1. The van der Waals surface area contributed by atoms with Gasteiger partial charge >= 0.3 is 0 Å². The van der Waals surface area contributed by atoms with E-state index in [1.807, 2.05) is 41.8 Å². The lowest BCUT2D eigenvalue weighted by molar-refractivity contribution is -0.120. The molecule has 0 atom stereocenters. The van der Waals surface area contributed by atoms with Gasteiger partial charge in [-0.3, -0.25) is 9.79 Å². The molecule has 1 heterocycles. The van der Waals surface area contributed by atoms with Crippen LogP contribution in [0.25, 0.3) is 0 Å². The molecule has 24 heavy (non-hydrogen) atoms. The van der Waals surface area contributed by atoms with E-state index in [1.54, 1.807) is 25.5 Å². The van der Waals surface area contributed by atoms with Crippen LogP contribution in [0.3, 0.4) is 0 Å². The Hall–Kier alpha value is -2.54. The third-order valence-electron chi connectivity index (χ3n) is 3.30. The first kappa shape index (κ1) is 17.8. The number of carbonyl (C=O) groups is 1. The van der Waals surface area contributed by atoms with Crippen LogP contribution >= 0.6 is 11.3 Å². The van der Waals surface area contributed by atoms with Gasteiger partial charge in [0.1, 0.15) is 5.75 Å². The Morgan fingerprint density at radius 1 is 1.12 bits per heavy atom. The molecule has 0 aliphatic heterocycles. The van der Waals surface area contributed by atoms with Gasteiger partial charge in [0.05, 0.1) is 20.2 Å². The fraction of sp³-hybridized carbons (Fsp3) is 0.294. The molecular formula is C17H22N4O2S. The van der Waals surface area contributed by atoms with Crippen molar-refractivity contribution in [2.24, 2.45) is 4.99 Å². The lowest BCUT2D eigenvalue weighted by atomic mass is 10.2. The first-order chi connectivity index (χ1) is 11.7. The Morgan fingerprint density at radius 3 is 2.54 bits per heavy atom. The van der Waals surface area contributed by atoms with Gasteiger partial charge in [0, 0.05) is 18.5 Å². The largest absolute Gasteiger partial charge is 0.497 e. The molecule has 6 nitrogen and oxygen atoms in total. The highest BCUT2D eigenvalue weighted by atomic mass is 32.1. The number of benzene rings is 1. The Bertz CT molecular complexity index is 654. The van der Waals surface area contributed by atoms with Gasteiger partial charge in [0.15, 0.2) is 5.96 Å². The number of methoxy groups -OCH3 is 1. The first-order valence-corrected chi connectivity index (χ1v) is 8.45. The molecule has 0 fully saturated rings. The average Bonchev–Trinajstić information content (AvgIpc) is 3.14. The summed E-state index contributed by atoms with van der Waals surface area (Å²) in [5, 5.41) is 11.1. The number of thiophene rings is 1. The number of rotatable bonds is 7. The zero-order valence-corrected chi connectivity index (χ0v) is 14.7. The zero-order valence-electron chi connectivity index (χ0n) is 13.8. The third-order valence-corrected chi connectivity index (χ3v) is 4.18. The van der Waals surface area contributed by atoms with E-state index in [1.165, 1.54) is 4.88 Å². The molecule has 0 bridgehead atoms. The molecular weight excluding hydrogens is 324 g/mol. The van der Waals surface area contributed by atoms with Crippen molar-refractivity contribution in [1.29, 1.82) is 0 Å². The third kappa shape index (κ3) is 5.92. The monoisotopic (exact) mass is 346 g/mol. The van der Waals surface area contributed by atoms with E-state index in [4.69, 9.17) is 4.74 Å². The molecule has 0 saturated heterocycles. The highest BCUT2D eigenvalue weighted by molar-refractivity contribution is 7.09. The molecule has 1 aromatic heterocycles. The molecule has 0 aliphatic carbocycles. The minimum atomic E-state index is -0.0927. The van der Waals surface area contributed by atoms with E-state index in [0.29, 0.717) is 19.0 Å². The van der Waals surface area contributed by atoms with Crippen LogP contribution in [0.4, 0.5) is 0 Å². The number of amides is 1. The Labute approximate surface area is 146 Å². The molecule has 2 aromatic rings. The predicted octanol–water partition coefficient (Wildman–Crippen LogP) is 1.74. The van der Waals surface area contributed by atoms with E-state index in [2.05, 4.69) is 20.9 Å². The van der Waals surface area contributed by atoms with Crippen molar-refractivity contribution in [3.63, 3.8) is 0 Å². The number of hydrogen-bond acceptors (Lipinski definition) is 4. The summed E-state index contributed by atoms with van der Waals surface area (Å²) in [5.74, 6) is 1.31. The quantitative estimate of drug-likeness (QED) is 0.527. The lowest BCUT2D eigenvalue weighted by Gasteiger charge is -2.11. The van der Waals surface area contributed by atoms with E-state index in [0.717, 1.165) is 11.3 Å². The van der Waals surface area contributed by atoms with Crippen LogP contribution in [0, 0.1) is 0 Å². The van der Waals surface area contributed by atoms with Gasteiger partial charge in [-0.1, -0.05) is 18.2 Å². The van der Waals surface area contributed by atoms with Crippen molar-refractivity contribution >= 4 is 23.2 Å². The van der Waals surface area contributed by atoms with Crippen molar-refractivity contribution < 1.29 is 9.53 Å². The number of ether oxygens (including phenoxy) is 1. The van der Waals surface area contributed by atoms with Gasteiger partial charge in [-0.15, -0.1) is 11.3 Å². The van der Waals surface area contributed by atoms with Crippen LogP contribution in [0.2, 0.25) is 0 Å². The van der Waals surface area contributed by atoms with Gasteiger partial charge in [-0.25, -0.2) is 0 Å². The minimum absolute atomic E-state index is 0.0927. The SMILES string of the molecule is CN=C(NCC(=O)NCc1ccc(OC)cc1)NCc1cccs1. The number of aliphatic imine (C=N–C) groups is 1. The highest BCUT2D eigenvalue weighted by Crippen LogP contribution is 2.10. The second-order valence-electron chi connectivity index (χ2n) is 4.98. The molecule has 0 unspecified atom stereocenters. The van der Waals surface area contributed by atoms with Crippen LogP contribution < -0.4 is 20.7 Å². The van der Waals surface area contributed by atoms with E-state index in [-0.39, 0.29) is 12.5 Å². The number of nitrogens with zero attached hydrogens (tertiary/aromatic N) is 1. The number of nitrogens with one attached hydrogen (secondary N) is 3. The minimum Gasteiger partial charge on any atom is -0.497 e. The smallest absolute Gasteiger partial charge is 0.239 e. The number of hydrogen-bond donors (Lipinski definition) is 3. The first-order valence-electron chi connectivity index (χ1n) is 7.58. The Morgan fingerprint density at radius 2 is 1.92 bits per heavy atom. The molecule has 128 valence electrons. The van der Waals surface area contributed by atoms with E-state index >= 15 is 0 Å². The molecule has 2 rings (SSSR count). The van der Waals surface area contributed by atoms with Crippen molar-refractivity contribution in [1.82, 2.24) is 16.0 Å². The maximum absolute atomic E-state index is 11.9. The van der Waals surface area contributed by atoms with Crippen LogP contribution in [-0.4, -0.2) is 32.6 Å². The molecule has 0 saturated carbocycles. The summed E-state index contributed by atoms with van der Waals surface area (Å²) in [6.45, 7) is 1.33. The fourth-order valence-electron chi connectivity index (χ4n) is 1.98. The van der Waals surface area contributed by atoms with E-state index < -0.39 is 0 Å². The van der Waals surface area contributed by atoms with Gasteiger partial charge in [0.2, 0.25) is 5.91 Å². The summed E-state index contributed by atoms with van der Waals surface area (Å²) in [7, 11) is 3.31. The zero-order chi connectivity index (χ0) is 17.2. The fourth-order valence-corrected chi connectivity index (χ4v) is 2.62. The van der Waals surface area contributed by atoms with Crippen molar-refractivity contribution in [2.45, 2.75) is 13.1 Å². The van der Waals surface area contributed by atoms with Gasteiger partial charge in [0.25, 0.3) is 0 Å². The topological polar surface area (TPSA) is 74.8 Å². The normalized spacial score (nSPS) is 11.0. The van der Waals surface area contributed by atoms with Gasteiger partial charge in [-0.05, 0) is 29.1 Å². The molecule has 7 heteroatoms. The Kier molecular flexibility index (Phi) is 7.10. The standard InChI is InChI=1S/C17H22N4O2S/c1-18-17(20-11-15-4-3-9-24-15)21-12-16(22)19-10-13-5-7-14(23-2)8-6-13/h3-9H,10-12H2,1-2H3,(H,19,22)(H2,18,20,21). The van der Waals surface area contributed by atoms with Crippen molar-refractivity contribution in [3.8, 4) is 5.75 Å². The summed E-state index contributed by atoms with van der Waals surface area (Å²) in [6, 6.07) is 11.6. The lowest BCUT2D eigenvalue weighted by Crippen LogP contribution is -2.42. The summed E-state index contributed by atoms with van der Waals surface area (Å²) in [6.07, 6.45) is 0. The maximum atomic E-state index is 11.9. The van der Waals surface area contributed by atoms with Gasteiger partial charge < -0.3 is 20.7 Å². The van der Waals surface area contributed by atoms with Gasteiger partial charge in [-0.2, -0.15) is 0 Å². The average molecular weight is 346 g/mol. The molecule has 0 radical (unpaired) electrons. The summed E-state index contributed by atoms with van der Waals surface area (Å²) in [5.41, 5.74) is 1.02. The summed E-state index contributed by atoms with van der Waals surface area (Å²) in [4.78, 5) is 17.2. The highest BCUT2D eigenvalue weighted by Gasteiger charge is 2.04. The summed E-state index contributed by atoms with van der Waals surface area (Å²) < 4.78 is 5.11. The van der Waals surface area contributed by atoms with Crippen LogP contribution in [-0.2, 0) is 17.9 Å². The molecule has 1 amide bonds. The second-order valence-corrected chi connectivity index (χ2v) is 6.02. The van der Waals surface area contributed by atoms with Crippen LogP contribution in [0.1, 0.15) is 10.4 Å². The summed E-state index contributed by atoms with van der Waals surface area (Å²) >= 11 is 1.67. The molecule has 0 spiro atoms.